The molecule has 0 aromatic rings. The minimum Gasteiger partial charge on any atom is -0.396 e. The summed E-state index contributed by atoms with van der Waals surface area (Å²) in [5.41, 5.74) is 0.150. The van der Waals surface area contributed by atoms with Gasteiger partial charge in [-0.3, -0.25) is 0 Å². The van der Waals surface area contributed by atoms with Crippen molar-refractivity contribution in [2.45, 2.75) is 39.0 Å². The van der Waals surface area contributed by atoms with Gasteiger partial charge in [-0.1, -0.05) is 13.3 Å². The molecule has 0 aliphatic carbocycles. The van der Waals surface area contributed by atoms with Gasteiger partial charge in [-0.25, -0.2) is 12.7 Å². The molecule has 2 saturated heterocycles. The van der Waals surface area contributed by atoms with E-state index in [4.69, 9.17) is 0 Å². The Morgan fingerprint density at radius 3 is 2.60 bits per heavy atom. The second-order valence-electron chi connectivity index (χ2n) is 6.26. The molecule has 6 heteroatoms. The van der Waals surface area contributed by atoms with Crippen LogP contribution < -0.4 is 5.32 Å². The van der Waals surface area contributed by atoms with E-state index >= 15 is 0 Å². The van der Waals surface area contributed by atoms with Crippen molar-refractivity contribution < 1.29 is 13.5 Å². The van der Waals surface area contributed by atoms with Gasteiger partial charge in [0, 0.05) is 32.2 Å². The number of unbranched alkanes of at least 4 members (excludes halogenated alkanes) is 1. The molecular formula is C14H28N2O3S. The van der Waals surface area contributed by atoms with Crippen molar-refractivity contribution in [2.24, 2.45) is 11.3 Å². The second kappa shape index (κ2) is 6.73. The minimum absolute atomic E-state index is 0.150. The summed E-state index contributed by atoms with van der Waals surface area (Å²) in [6, 6.07) is 0. The summed E-state index contributed by atoms with van der Waals surface area (Å²) < 4.78 is 26.1. The molecule has 1 spiro atoms. The number of piperidine rings is 2. The molecule has 0 radical (unpaired) electrons. The smallest absolute Gasteiger partial charge is 0.214 e. The third-order valence-electron chi connectivity index (χ3n) is 5.14. The molecule has 2 aliphatic heterocycles. The van der Waals surface area contributed by atoms with E-state index in [0.29, 0.717) is 13.1 Å². The molecule has 2 fully saturated rings. The first-order valence-electron chi connectivity index (χ1n) is 7.83. The molecule has 0 amide bonds. The molecule has 0 aromatic carbocycles. The van der Waals surface area contributed by atoms with Gasteiger partial charge in [0.1, 0.15) is 0 Å². The number of rotatable bonds is 5. The Morgan fingerprint density at radius 1 is 1.30 bits per heavy atom. The van der Waals surface area contributed by atoms with Gasteiger partial charge in [-0.05, 0) is 37.6 Å². The molecule has 2 N–H and O–H groups in total. The van der Waals surface area contributed by atoms with Crippen LogP contribution in [-0.2, 0) is 10.0 Å². The molecule has 0 saturated carbocycles. The summed E-state index contributed by atoms with van der Waals surface area (Å²) in [6.07, 6.45) is 4.50. The van der Waals surface area contributed by atoms with E-state index < -0.39 is 10.0 Å². The predicted octanol–water partition coefficient (Wildman–Crippen LogP) is 0.800. The van der Waals surface area contributed by atoms with E-state index in [1.165, 1.54) is 0 Å². The van der Waals surface area contributed by atoms with Gasteiger partial charge < -0.3 is 10.4 Å². The number of aliphatic hydroxyl groups is 1. The zero-order valence-corrected chi connectivity index (χ0v) is 13.3. The quantitative estimate of drug-likeness (QED) is 0.788. The van der Waals surface area contributed by atoms with Gasteiger partial charge in [-0.2, -0.15) is 0 Å². The topological polar surface area (TPSA) is 69.6 Å². The highest BCUT2D eigenvalue weighted by atomic mass is 32.2. The Balaban J connectivity index is 1.97. The molecule has 1 atom stereocenters. The summed E-state index contributed by atoms with van der Waals surface area (Å²) in [4.78, 5) is 0. The van der Waals surface area contributed by atoms with Crippen molar-refractivity contribution in [3.63, 3.8) is 0 Å². The normalized spacial score (nSPS) is 27.8. The van der Waals surface area contributed by atoms with Gasteiger partial charge in [0.15, 0.2) is 0 Å². The molecule has 20 heavy (non-hydrogen) atoms. The lowest BCUT2D eigenvalue weighted by Crippen LogP contribution is -2.53. The highest BCUT2D eigenvalue weighted by Gasteiger charge is 2.44. The van der Waals surface area contributed by atoms with Crippen molar-refractivity contribution >= 4 is 10.0 Å². The Hall–Kier alpha value is -0.170. The molecule has 118 valence electrons. The van der Waals surface area contributed by atoms with Crippen LogP contribution >= 0.6 is 0 Å². The summed E-state index contributed by atoms with van der Waals surface area (Å²) >= 11 is 0. The van der Waals surface area contributed by atoms with Gasteiger partial charge in [0.25, 0.3) is 0 Å². The molecule has 2 aliphatic rings. The fourth-order valence-corrected chi connectivity index (χ4v) is 5.27. The monoisotopic (exact) mass is 304 g/mol. The maximum absolute atomic E-state index is 12.2. The van der Waals surface area contributed by atoms with E-state index in [1.54, 1.807) is 4.31 Å². The average molecular weight is 304 g/mol. The van der Waals surface area contributed by atoms with Crippen LogP contribution in [0.25, 0.3) is 0 Å². The number of hydrogen-bond donors (Lipinski definition) is 2. The van der Waals surface area contributed by atoms with Crippen molar-refractivity contribution in [2.75, 3.05) is 38.5 Å². The van der Waals surface area contributed by atoms with Gasteiger partial charge in [0.05, 0.1) is 5.75 Å². The van der Waals surface area contributed by atoms with Crippen LogP contribution in [0, 0.1) is 11.3 Å². The van der Waals surface area contributed by atoms with Crippen LogP contribution in [0.3, 0.4) is 0 Å². The predicted molar refractivity (Wildman–Crippen MR) is 80.0 cm³/mol. The van der Waals surface area contributed by atoms with E-state index in [9.17, 15) is 13.5 Å². The summed E-state index contributed by atoms with van der Waals surface area (Å²) in [5.74, 6) is 0.554. The highest BCUT2D eigenvalue weighted by molar-refractivity contribution is 7.89. The highest BCUT2D eigenvalue weighted by Crippen LogP contribution is 2.43. The summed E-state index contributed by atoms with van der Waals surface area (Å²) in [7, 11) is -3.07. The summed E-state index contributed by atoms with van der Waals surface area (Å²) in [6.45, 7) is 5.32. The summed E-state index contributed by atoms with van der Waals surface area (Å²) in [5, 5.41) is 12.9. The van der Waals surface area contributed by atoms with Crippen molar-refractivity contribution in [3.05, 3.63) is 0 Å². The van der Waals surface area contributed by atoms with Crippen molar-refractivity contribution in [1.82, 2.24) is 9.62 Å². The molecule has 2 rings (SSSR count). The number of sulfonamides is 1. The third kappa shape index (κ3) is 3.35. The van der Waals surface area contributed by atoms with Crippen LogP contribution in [0.15, 0.2) is 0 Å². The van der Waals surface area contributed by atoms with Crippen LogP contribution in [0.5, 0.6) is 0 Å². The molecular weight excluding hydrogens is 276 g/mol. The standard InChI is InChI=1S/C14H28N2O3S/c1-2-3-10-20(18,19)16-8-5-14(6-9-16)4-7-15-11-13(14)12-17/h13,15,17H,2-12H2,1H3/t13-/m0/s1. The van der Waals surface area contributed by atoms with Crippen LogP contribution in [0.4, 0.5) is 0 Å². The number of hydrogen-bond acceptors (Lipinski definition) is 4. The minimum atomic E-state index is -3.07. The Labute approximate surface area is 122 Å². The maximum atomic E-state index is 12.2. The molecule has 0 unspecified atom stereocenters. The van der Waals surface area contributed by atoms with Crippen LogP contribution in [0.2, 0.25) is 0 Å². The number of nitrogens with one attached hydrogen (secondary N) is 1. The van der Waals surface area contributed by atoms with Gasteiger partial charge >= 0.3 is 0 Å². The lowest BCUT2D eigenvalue weighted by molar-refractivity contribution is 0.0127. The van der Waals surface area contributed by atoms with Crippen molar-refractivity contribution in [1.29, 1.82) is 0 Å². The first-order chi connectivity index (χ1) is 9.54. The number of aliphatic hydroxyl groups excluding tert-OH is 1. The lowest BCUT2D eigenvalue weighted by Gasteiger charge is -2.48. The van der Waals surface area contributed by atoms with E-state index in [0.717, 1.165) is 45.2 Å². The molecule has 0 aromatic heterocycles. The first kappa shape index (κ1) is 16.2. The largest absolute Gasteiger partial charge is 0.396 e. The Bertz CT molecular complexity index is 403. The lowest BCUT2D eigenvalue weighted by atomic mass is 9.65. The first-order valence-corrected chi connectivity index (χ1v) is 9.44. The average Bonchev–Trinajstić information content (AvgIpc) is 2.46. The maximum Gasteiger partial charge on any atom is 0.214 e. The van der Waals surface area contributed by atoms with Gasteiger partial charge in [-0.15, -0.1) is 0 Å². The van der Waals surface area contributed by atoms with Crippen LogP contribution in [0.1, 0.15) is 39.0 Å². The van der Waals surface area contributed by atoms with E-state index in [1.807, 2.05) is 6.92 Å². The molecule has 2 heterocycles. The van der Waals surface area contributed by atoms with Crippen LogP contribution in [-0.4, -0.2) is 56.4 Å². The second-order valence-corrected chi connectivity index (χ2v) is 8.35. The fourth-order valence-electron chi connectivity index (χ4n) is 3.62. The van der Waals surface area contributed by atoms with E-state index in [2.05, 4.69) is 5.32 Å². The zero-order chi connectivity index (χ0) is 14.6. The SMILES string of the molecule is CCCCS(=O)(=O)N1CCC2(CCNC[C@H]2CO)CC1. The fraction of sp³-hybridized carbons (Fsp3) is 1.00. The van der Waals surface area contributed by atoms with Crippen molar-refractivity contribution in [3.8, 4) is 0 Å². The zero-order valence-electron chi connectivity index (χ0n) is 12.5. The number of nitrogens with zero attached hydrogens (tertiary/aromatic N) is 1. The third-order valence-corrected chi connectivity index (χ3v) is 7.10. The molecule has 5 nitrogen and oxygen atoms in total. The Kier molecular flexibility index (Phi) is 5.45. The Morgan fingerprint density at radius 2 is 2.00 bits per heavy atom. The van der Waals surface area contributed by atoms with Gasteiger partial charge in [0.2, 0.25) is 10.0 Å². The molecule has 0 bridgehead atoms. The van der Waals surface area contributed by atoms with E-state index in [-0.39, 0.29) is 23.7 Å².